The van der Waals surface area contributed by atoms with Crippen LogP contribution in [-0.4, -0.2) is 39.6 Å². The van der Waals surface area contributed by atoms with Gasteiger partial charge in [0.1, 0.15) is 5.75 Å². The van der Waals surface area contributed by atoms with E-state index in [1.165, 1.54) is 4.68 Å². The molecule has 3 rings (SSSR count). The number of carbonyl (C=O) groups excluding carboxylic acids is 1. The van der Waals surface area contributed by atoms with Crippen LogP contribution in [0.2, 0.25) is 5.02 Å². The van der Waals surface area contributed by atoms with Gasteiger partial charge in [-0.25, -0.2) is 0 Å². The summed E-state index contributed by atoms with van der Waals surface area (Å²) in [6.45, 7) is 5.40. The zero-order valence-electron chi connectivity index (χ0n) is 20.4. The van der Waals surface area contributed by atoms with E-state index in [1.807, 2.05) is 6.07 Å². The van der Waals surface area contributed by atoms with Crippen molar-refractivity contribution in [3.05, 3.63) is 34.5 Å². The number of rotatable bonds is 7. The van der Waals surface area contributed by atoms with Gasteiger partial charge in [-0.15, -0.1) is 0 Å². The van der Waals surface area contributed by atoms with Crippen molar-refractivity contribution in [1.29, 1.82) is 0 Å². The number of aromatic nitrogens is 2. The molecular weight excluding hydrogens is 464 g/mol. The summed E-state index contributed by atoms with van der Waals surface area (Å²) in [5.74, 6) is 0.00188. The van der Waals surface area contributed by atoms with Crippen LogP contribution in [0, 0.1) is 11.3 Å². The Kier molecular flexibility index (Phi) is 7.92. The summed E-state index contributed by atoms with van der Waals surface area (Å²) in [5.41, 5.74) is 0.436. The van der Waals surface area contributed by atoms with Crippen LogP contribution < -0.4 is 10.1 Å². The number of nitrogens with one attached hydrogen (secondary N) is 1. The van der Waals surface area contributed by atoms with Crippen LogP contribution >= 0.6 is 11.6 Å². The number of benzene rings is 1. The molecule has 1 fully saturated rings. The predicted molar refractivity (Wildman–Crippen MR) is 128 cm³/mol. The average molecular weight is 498 g/mol. The van der Waals surface area contributed by atoms with Gasteiger partial charge in [0.15, 0.2) is 5.69 Å². The summed E-state index contributed by atoms with van der Waals surface area (Å²) < 4.78 is 32.6. The molecule has 0 spiro atoms. The Hall–Kier alpha value is -2.19. The van der Waals surface area contributed by atoms with Gasteiger partial charge < -0.3 is 15.2 Å². The van der Waals surface area contributed by atoms with E-state index in [2.05, 4.69) is 38.1 Å². The van der Waals surface area contributed by atoms with Gasteiger partial charge in [0.05, 0.1) is 16.3 Å². The lowest BCUT2D eigenvalue weighted by Gasteiger charge is -2.34. The van der Waals surface area contributed by atoms with Crippen molar-refractivity contribution in [3.63, 3.8) is 0 Å². The van der Waals surface area contributed by atoms with Gasteiger partial charge in [0.2, 0.25) is 0 Å². The van der Waals surface area contributed by atoms with Crippen molar-refractivity contribution in [1.82, 2.24) is 15.1 Å². The molecule has 188 valence electrons. The molecule has 9 heteroatoms. The van der Waals surface area contributed by atoms with Gasteiger partial charge in [-0.1, -0.05) is 45.4 Å². The van der Waals surface area contributed by atoms with Crippen LogP contribution in [0.4, 0.5) is 8.78 Å². The maximum absolute atomic E-state index is 13.2. The lowest BCUT2D eigenvalue weighted by atomic mass is 9.79. The maximum atomic E-state index is 13.2. The second kappa shape index (κ2) is 10.2. The smallest absolute Gasteiger partial charge is 0.387 e. The summed E-state index contributed by atoms with van der Waals surface area (Å²) in [6, 6.07) is 5.08. The molecule has 1 amide bonds. The molecule has 0 unspecified atom stereocenters. The molecule has 0 bridgehead atoms. The van der Waals surface area contributed by atoms with Crippen LogP contribution in [0.15, 0.2) is 18.2 Å². The fourth-order valence-electron chi connectivity index (χ4n) is 4.42. The standard InChI is InChI=1S/C25H34ClF2N3O3/c1-15-8-10-25(33,11-9-15)14-29-22(32)20-19(26)21(31(5)30-20)17-7-6-16(13-24(2,3)4)12-18(17)34-23(27)28/h6-7,12,15,23,33H,8-11,13-14H2,1-5H3,(H,29,32). The Labute approximate surface area is 204 Å². The Bertz CT molecular complexity index is 1030. The number of aliphatic hydroxyl groups is 1. The molecule has 1 heterocycles. The van der Waals surface area contributed by atoms with Crippen LogP contribution in [0.5, 0.6) is 5.75 Å². The summed E-state index contributed by atoms with van der Waals surface area (Å²) in [4.78, 5) is 12.9. The van der Waals surface area contributed by atoms with Gasteiger partial charge in [-0.2, -0.15) is 13.9 Å². The second-order valence-electron chi connectivity index (χ2n) is 10.7. The topological polar surface area (TPSA) is 76.4 Å². The zero-order valence-corrected chi connectivity index (χ0v) is 21.2. The molecule has 2 N–H and O–H groups in total. The van der Waals surface area contributed by atoms with E-state index >= 15 is 0 Å². The third-order valence-electron chi connectivity index (χ3n) is 6.24. The molecule has 0 radical (unpaired) electrons. The highest BCUT2D eigenvalue weighted by molar-refractivity contribution is 6.36. The van der Waals surface area contributed by atoms with Crippen molar-refractivity contribution in [2.24, 2.45) is 18.4 Å². The number of nitrogens with zero attached hydrogens (tertiary/aromatic N) is 2. The normalized spacial score (nSPS) is 21.1. The van der Waals surface area contributed by atoms with Crippen LogP contribution in [0.25, 0.3) is 11.3 Å². The number of amides is 1. The lowest BCUT2D eigenvalue weighted by Crippen LogP contribution is -2.45. The quantitative estimate of drug-likeness (QED) is 0.522. The minimum absolute atomic E-state index is 0.0285. The van der Waals surface area contributed by atoms with E-state index in [4.69, 9.17) is 16.3 Å². The van der Waals surface area contributed by atoms with E-state index < -0.39 is 18.1 Å². The minimum atomic E-state index is -3.02. The first-order valence-electron chi connectivity index (χ1n) is 11.6. The predicted octanol–water partition coefficient (Wildman–Crippen LogP) is 5.60. The average Bonchev–Trinajstić information content (AvgIpc) is 3.02. The van der Waals surface area contributed by atoms with Gasteiger partial charge >= 0.3 is 6.61 Å². The largest absolute Gasteiger partial charge is 0.434 e. The molecule has 34 heavy (non-hydrogen) atoms. The summed E-state index contributed by atoms with van der Waals surface area (Å²) >= 11 is 6.54. The van der Waals surface area contributed by atoms with E-state index in [1.54, 1.807) is 19.2 Å². The molecule has 0 aliphatic heterocycles. The van der Waals surface area contributed by atoms with Crippen molar-refractivity contribution in [2.75, 3.05) is 6.54 Å². The highest BCUT2D eigenvalue weighted by Crippen LogP contribution is 2.39. The molecule has 1 saturated carbocycles. The number of alkyl halides is 2. The Morgan fingerprint density at radius 2 is 2.00 bits per heavy atom. The molecule has 1 aromatic carbocycles. The number of hydrogen-bond acceptors (Lipinski definition) is 4. The minimum Gasteiger partial charge on any atom is -0.434 e. The summed E-state index contributed by atoms with van der Waals surface area (Å²) in [5, 5.41) is 17.8. The molecule has 1 aromatic heterocycles. The first kappa shape index (κ1) is 26.4. The highest BCUT2D eigenvalue weighted by Gasteiger charge is 2.33. The Morgan fingerprint density at radius 1 is 1.35 bits per heavy atom. The van der Waals surface area contributed by atoms with Crippen molar-refractivity contribution >= 4 is 17.5 Å². The van der Waals surface area contributed by atoms with Gasteiger partial charge in [0.25, 0.3) is 5.91 Å². The number of aryl methyl sites for hydroxylation is 1. The fourth-order valence-corrected chi connectivity index (χ4v) is 4.77. The van der Waals surface area contributed by atoms with Crippen molar-refractivity contribution < 1.29 is 23.4 Å². The fraction of sp³-hybridized carbons (Fsp3) is 0.600. The number of ether oxygens (including phenoxy) is 1. The van der Waals surface area contributed by atoms with Crippen LogP contribution in [0.1, 0.15) is 69.4 Å². The van der Waals surface area contributed by atoms with E-state index in [9.17, 15) is 18.7 Å². The second-order valence-corrected chi connectivity index (χ2v) is 11.0. The Balaban J connectivity index is 1.87. The third-order valence-corrected chi connectivity index (χ3v) is 6.60. The number of carbonyl (C=O) groups is 1. The summed E-state index contributed by atoms with van der Waals surface area (Å²) in [7, 11) is 1.59. The zero-order chi connectivity index (χ0) is 25.3. The Morgan fingerprint density at radius 3 is 2.59 bits per heavy atom. The van der Waals surface area contributed by atoms with Crippen LogP contribution in [0.3, 0.4) is 0 Å². The van der Waals surface area contributed by atoms with Gasteiger partial charge in [-0.3, -0.25) is 9.48 Å². The first-order valence-corrected chi connectivity index (χ1v) is 12.0. The van der Waals surface area contributed by atoms with Gasteiger partial charge in [0, 0.05) is 19.2 Å². The molecule has 1 aliphatic rings. The molecular formula is C25H34ClF2N3O3. The van der Waals surface area contributed by atoms with E-state index in [0.717, 1.165) is 18.4 Å². The van der Waals surface area contributed by atoms with Crippen molar-refractivity contribution in [2.45, 2.75) is 72.0 Å². The number of hydrogen-bond donors (Lipinski definition) is 2. The molecule has 0 atom stereocenters. The van der Waals surface area contributed by atoms with E-state index in [0.29, 0.717) is 36.4 Å². The van der Waals surface area contributed by atoms with E-state index in [-0.39, 0.29) is 28.4 Å². The monoisotopic (exact) mass is 497 g/mol. The molecule has 2 aromatic rings. The maximum Gasteiger partial charge on any atom is 0.387 e. The SMILES string of the molecule is CC1CCC(O)(CNC(=O)c2nn(C)c(-c3ccc(CC(C)(C)C)cc3OC(F)F)c2Cl)CC1. The first-order chi connectivity index (χ1) is 15.8. The van der Waals surface area contributed by atoms with Crippen LogP contribution in [-0.2, 0) is 13.5 Å². The van der Waals surface area contributed by atoms with Crippen molar-refractivity contribution in [3.8, 4) is 17.0 Å². The highest BCUT2D eigenvalue weighted by atomic mass is 35.5. The molecule has 0 saturated heterocycles. The van der Waals surface area contributed by atoms with Gasteiger partial charge in [-0.05, 0) is 61.1 Å². The lowest BCUT2D eigenvalue weighted by molar-refractivity contribution is -0.0495. The number of halogens is 3. The summed E-state index contributed by atoms with van der Waals surface area (Å²) in [6.07, 6.45) is 3.70. The molecule has 1 aliphatic carbocycles. The third kappa shape index (κ3) is 6.48. The molecule has 6 nitrogen and oxygen atoms in total.